The highest BCUT2D eigenvalue weighted by atomic mass is 32.2. The number of carbonyl (C=O) groups excluding carboxylic acids is 1. The molecule has 0 aromatic heterocycles. The first-order valence-electron chi connectivity index (χ1n) is 9.07. The highest BCUT2D eigenvalue weighted by Gasteiger charge is 2.27. The molecule has 0 radical (unpaired) electrons. The summed E-state index contributed by atoms with van der Waals surface area (Å²) >= 11 is 1.76. The molecule has 1 amide bonds. The molecule has 0 saturated carbocycles. The Kier molecular flexibility index (Phi) is 6.93. The Morgan fingerprint density at radius 3 is 2.33 bits per heavy atom. The van der Waals surface area contributed by atoms with Gasteiger partial charge in [-0.3, -0.25) is 4.79 Å². The van der Waals surface area contributed by atoms with E-state index in [2.05, 4.69) is 17.4 Å². The molecule has 5 nitrogen and oxygen atoms in total. The van der Waals surface area contributed by atoms with E-state index in [0.717, 1.165) is 24.3 Å². The molecule has 7 heteroatoms. The molecule has 2 aromatic rings. The van der Waals surface area contributed by atoms with Crippen molar-refractivity contribution >= 4 is 27.7 Å². The number of amides is 1. The number of thioether (sulfide) groups is 1. The van der Waals surface area contributed by atoms with Crippen molar-refractivity contribution in [3.05, 3.63) is 65.7 Å². The summed E-state index contributed by atoms with van der Waals surface area (Å²) in [7, 11) is -3.43. The number of rotatable bonds is 8. The third kappa shape index (κ3) is 5.34. The zero-order valence-electron chi connectivity index (χ0n) is 15.1. The maximum absolute atomic E-state index is 12.5. The summed E-state index contributed by atoms with van der Waals surface area (Å²) in [6, 6.07) is 16.4. The smallest absolute Gasteiger partial charge is 0.251 e. The number of nitrogens with one attached hydrogen (secondary N) is 1. The molecule has 0 unspecified atom stereocenters. The third-order valence-corrected chi connectivity index (χ3v) is 7.41. The molecule has 144 valence electrons. The largest absolute Gasteiger partial charge is 0.351 e. The first-order valence-corrected chi connectivity index (χ1v) is 11.7. The van der Waals surface area contributed by atoms with Gasteiger partial charge in [0.15, 0.2) is 0 Å². The minimum Gasteiger partial charge on any atom is -0.351 e. The van der Waals surface area contributed by atoms with Gasteiger partial charge in [0.2, 0.25) is 10.0 Å². The third-order valence-electron chi connectivity index (χ3n) is 4.46. The zero-order valence-corrected chi connectivity index (χ0v) is 16.8. The van der Waals surface area contributed by atoms with Gasteiger partial charge >= 0.3 is 0 Å². The van der Waals surface area contributed by atoms with E-state index in [0.29, 0.717) is 25.2 Å². The first-order chi connectivity index (χ1) is 13.1. The molecule has 0 aliphatic carbocycles. The number of carbonyl (C=O) groups is 1. The molecule has 1 heterocycles. The van der Waals surface area contributed by atoms with E-state index in [1.807, 2.05) is 18.2 Å². The van der Waals surface area contributed by atoms with Gasteiger partial charge in [0.1, 0.15) is 0 Å². The van der Waals surface area contributed by atoms with Crippen molar-refractivity contribution in [1.29, 1.82) is 0 Å². The van der Waals surface area contributed by atoms with E-state index in [9.17, 15) is 13.2 Å². The van der Waals surface area contributed by atoms with E-state index in [-0.39, 0.29) is 10.8 Å². The minimum atomic E-state index is -3.43. The molecule has 1 fully saturated rings. The van der Waals surface area contributed by atoms with Gasteiger partial charge in [0.05, 0.1) is 4.90 Å². The normalized spacial score (nSPS) is 15.0. The SMILES string of the molecule is O=C(NCCSCc1ccccc1)c1ccc(S(=O)(=O)N2CCCC2)cc1. The summed E-state index contributed by atoms with van der Waals surface area (Å²) in [4.78, 5) is 12.5. The Bertz CT molecular complexity index is 847. The van der Waals surface area contributed by atoms with Crippen molar-refractivity contribution in [2.45, 2.75) is 23.5 Å². The fraction of sp³-hybridized carbons (Fsp3) is 0.350. The highest BCUT2D eigenvalue weighted by molar-refractivity contribution is 7.98. The molecule has 1 saturated heterocycles. The molecule has 1 aliphatic rings. The van der Waals surface area contributed by atoms with Crippen LogP contribution in [0.4, 0.5) is 0 Å². The average Bonchev–Trinajstić information content (AvgIpc) is 3.24. The van der Waals surface area contributed by atoms with Crippen LogP contribution >= 0.6 is 11.8 Å². The van der Waals surface area contributed by atoms with Gasteiger partial charge in [-0.25, -0.2) is 8.42 Å². The summed E-state index contributed by atoms with van der Waals surface area (Å²) < 4.78 is 26.5. The number of benzene rings is 2. The summed E-state index contributed by atoms with van der Waals surface area (Å²) in [5.41, 5.74) is 1.74. The molecule has 3 rings (SSSR count). The van der Waals surface area contributed by atoms with Crippen LogP contribution in [-0.4, -0.2) is 44.0 Å². The molecule has 0 bridgehead atoms. The lowest BCUT2D eigenvalue weighted by Crippen LogP contribution is -2.28. The maximum Gasteiger partial charge on any atom is 0.251 e. The second-order valence-electron chi connectivity index (χ2n) is 6.43. The Morgan fingerprint density at radius 1 is 1.00 bits per heavy atom. The van der Waals surface area contributed by atoms with Gasteiger partial charge < -0.3 is 5.32 Å². The van der Waals surface area contributed by atoms with E-state index < -0.39 is 10.0 Å². The number of hydrogen-bond acceptors (Lipinski definition) is 4. The highest BCUT2D eigenvalue weighted by Crippen LogP contribution is 2.21. The van der Waals surface area contributed by atoms with Gasteiger partial charge in [-0.1, -0.05) is 30.3 Å². The fourth-order valence-electron chi connectivity index (χ4n) is 2.96. The number of hydrogen-bond donors (Lipinski definition) is 1. The van der Waals surface area contributed by atoms with Gasteiger partial charge in [0.25, 0.3) is 5.91 Å². The lowest BCUT2D eigenvalue weighted by Gasteiger charge is -2.15. The van der Waals surface area contributed by atoms with Crippen LogP contribution in [0.3, 0.4) is 0 Å². The van der Waals surface area contributed by atoms with Crippen LogP contribution in [0.5, 0.6) is 0 Å². The lowest BCUT2D eigenvalue weighted by atomic mass is 10.2. The molecule has 27 heavy (non-hydrogen) atoms. The molecule has 0 atom stereocenters. The number of sulfonamides is 1. The molecular formula is C20H24N2O3S2. The summed E-state index contributed by atoms with van der Waals surface area (Å²) in [6.07, 6.45) is 1.81. The van der Waals surface area contributed by atoms with Gasteiger partial charge in [0, 0.05) is 36.7 Å². The fourth-order valence-corrected chi connectivity index (χ4v) is 5.29. The van der Waals surface area contributed by atoms with Gasteiger partial charge in [-0.2, -0.15) is 16.1 Å². The lowest BCUT2D eigenvalue weighted by molar-refractivity contribution is 0.0956. The average molecular weight is 405 g/mol. The standard InChI is InChI=1S/C20H24N2O3S2/c23-20(21-12-15-26-16-17-6-2-1-3-7-17)18-8-10-19(11-9-18)27(24,25)22-13-4-5-14-22/h1-3,6-11H,4-5,12-16H2,(H,21,23). The van der Waals surface area contributed by atoms with Gasteiger partial charge in [-0.15, -0.1) is 0 Å². The number of nitrogens with zero attached hydrogens (tertiary/aromatic N) is 1. The van der Waals surface area contributed by atoms with Crippen LogP contribution in [0.1, 0.15) is 28.8 Å². The van der Waals surface area contributed by atoms with Crippen LogP contribution in [0.25, 0.3) is 0 Å². The summed E-state index contributed by atoms with van der Waals surface area (Å²) in [5, 5.41) is 2.88. The second kappa shape index (κ2) is 9.39. The summed E-state index contributed by atoms with van der Waals surface area (Å²) in [5.74, 6) is 1.56. The van der Waals surface area contributed by atoms with Gasteiger partial charge in [-0.05, 0) is 42.7 Å². The van der Waals surface area contributed by atoms with E-state index in [1.165, 1.54) is 22.0 Å². The Labute approximate surface area is 165 Å². The molecule has 0 spiro atoms. The predicted molar refractivity (Wildman–Crippen MR) is 109 cm³/mol. The summed E-state index contributed by atoms with van der Waals surface area (Å²) in [6.45, 7) is 1.72. The van der Waals surface area contributed by atoms with Crippen LogP contribution in [0.2, 0.25) is 0 Å². The van der Waals surface area contributed by atoms with Crippen LogP contribution < -0.4 is 5.32 Å². The van der Waals surface area contributed by atoms with E-state index >= 15 is 0 Å². The quantitative estimate of drug-likeness (QED) is 0.687. The molecule has 1 aliphatic heterocycles. The molecular weight excluding hydrogens is 380 g/mol. The maximum atomic E-state index is 12.5. The Balaban J connectivity index is 1.46. The van der Waals surface area contributed by atoms with Crippen LogP contribution in [-0.2, 0) is 15.8 Å². The van der Waals surface area contributed by atoms with E-state index in [4.69, 9.17) is 0 Å². The zero-order chi connectivity index (χ0) is 19.1. The van der Waals surface area contributed by atoms with Crippen molar-refractivity contribution < 1.29 is 13.2 Å². The topological polar surface area (TPSA) is 66.5 Å². The van der Waals surface area contributed by atoms with Crippen molar-refractivity contribution in [2.24, 2.45) is 0 Å². The van der Waals surface area contributed by atoms with E-state index in [1.54, 1.807) is 23.9 Å². The molecule has 1 N–H and O–H groups in total. The van der Waals surface area contributed by atoms with Crippen LogP contribution in [0.15, 0.2) is 59.5 Å². The van der Waals surface area contributed by atoms with Crippen molar-refractivity contribution in [2.75, 3.05) is 25.4 Å². The Morgan fingerprint density at radius 2 is 1.67 bits per heavy atom. The van der Waals surface area contributed by atoms with Crippen molar-refractivity contribution in [3.8, 4) is 0 Å². The van der Waals surface area contributed by atoms with Crippen LogP contribution in [0, 0.1) is 0 Å². The predicted octanol–water partition coefficient (Wildman–Crippen LogP) is 3.13. The second-order valence-corrected chi connectivity index (χ2v) is 9.47. The Hall–Kier alpha value is -1.83. The molecule has 2 aromatic carbocycles. The van der Waals surface area contributed by atoms with Crippen molar-refractivity contribution in [3.63, 3.8) is 0 Å². The minimum absolute atomic E-state index is 0.180. The monoisotopic (exact) mass is 404 g/mol. The van der Waals surface area contributed by atoms with Crippen molar-refractivity contribution in [1.82, 2.24) is 9.62 Å². The first kappa shape index (κ1) is 19.9.